The Morgan fingerprint density at radius 3 is 2.25 bits per heavy atom. The van der Waals surface area contributed by atoms with Crippen molar-refractivity contribution in [3.05, 3.63) is 0 Å². The highest BCUT2D eigenvalue weighted by atomic mass is 16.6. The number of rotatable bonds is 3. The lowest BCUT2D eigenvalue weighted by atomic mass is 10.3. The fourth-order valence-corrected chi connectivity index (χ4v) is 1.51. The van der Waals surface area contributed by atoms with E-state index in [0.29, 0.717) is 26.2 Å². The molecule has 1 heterocycles. The van der Waals surface area contributed by atoms with Gasteiger partial charge >= 0.3 is 6.09 Å². The van der Waals surface area contributed by atoms with Crippen LogP contribution in [0.5, 0.6) is 0 Å². The molecule has 0 bridgehead atoms. The molecule has 96 valence electrons. The van der Waals surface area contributed by atoms with E-state index in [2.05, 4.69) is 4.90 Å². The first kappa shape index (κ1) is 15.2. The molecular formula is C11H24N2O3. The van der Waals surface area contributed by atoms with Crippen LogP contribution in [-0.2, 0) is 4.74 Å². The molecule has 0 aromatic rings. The fourth-order valence-electron chi connectivity index (χ4n) is 1.51. The summed E-state index contributed by atoms with van der Waals surface area (Å²) < 4.78 is 4.90. The predicted molar refractivity (Wildman–Crippen MR) is 63.5 cm³/mol. The minimum atomic E-state index is -0.226. The number of carbonyl (C=O) groups is 1. The standard InChI is InChI=1S/C9H18N2O3.C2H6/c1-2-14-9(13)11-5-3-10(4-6-11)7-8-12;1-2/h12H,2-8H2,1H3;1-2H3. The Bertz CT molecular complexity index is 180. The van der Waals surface area contributed by atoms with Gasteiger partial charge in [-0.15, -0.1) is 0 Å². The monoisotopic (exact) mass is 232 g/mol. The number of aliphatic hydroxyl groups is 1. The fraction of sp³-hybridized carbons (Fsp3) is 0.909. The van der Waals surface area contributed by atoms with Gasteiger partial charge in [-0.25, -0.2) is 4.79 Å². The molecule has 1 fully saturated rings. The van der Waals surface area contributed by atoms with E-state index < -0.39 is 0 Å². The first-order valence-electron chi connectivity index (χ1n) is 6.03. The molecule has 0 aromatic heterocycles. The summed E-state index contributed by atoms with van der Waals surface area (Å²) in [7, 11) is 0. The van der Waals surface area contributed by atoms with Gasteiger partial charge in [0.15, 0.2) is 0 Å². The maximum atomic E-state index is 11.3. The van der Waals surface area contributed by atoms with Gasteiger partial charge in [-0.3, -0.25) is 4.90 Å². The van der Waals surface area contributed by atoms with E-state index in [9.17, 15) is 4.79 Å². The molecule has 0 unspecified atom stereocenters. The summed E-state index contributed by atoms with van der Waals surface area (Å²) in [6.07, 6.45) is -0.226. The lowest BCUT2D eigenvalue weighted by Crippen LogP contribution is -2.49. The minimum absolute atomic E-state index is 0.180. The number of ether oxygens (including phenoxy) is 1. The Balaban J connectivity index is 0.00000106. The molecule has 1 aliphatic rings. The van der Waals surface area contributed by atoms with Crippen LogP contribution in [0.25, 0.3) is 0 Å². The molecule has 0 radical (unpaired) electrons. The van der Waals surface area contributed by atoms with E-state index in [-0.39, 0.29) is 12.7 Å². The summed E-state index contributed by atoms with van der Waals surface area (Å²) >= 11 is 0. The van der Waals surface area contributed by atoms with Crippen molar-refractivity contribution < 1.29 is 14.6 Å². The largest absolute Gasteiger partial charge is 0.450 e. The van der Waals surface area contributed by atoms with Crippen molar-refractivity contribution in [1.82, 2.24) is 9.80 Å². The van der Waals surface area contributed by atoms with Crippen LogP contribution in [0.2, 0.25) is 0 Å². The van der Waals surface area contributed by atoms with Crippen molar-refractivity contribution in [1.29, 1.82) is 0 Å². The molecule has 1 aliphatic heterocycles. The molecule has 0 saturated carbocycles. The molecular weight excluding hydrogens is 208 g/mol. The SMILES string of the molecule is CC.CCOC(=O)N1CCN(CCO)CC1. The number of piperazine rings is 1. The lowest BCUT2D eigenvalue weighted by molar-refractivity contribution is 0.0745. The lowest BCUT2D eigenvalue weighted by Gasteiger charge is -2.33. The van der Waals surface area contributed by atoms with Gasteiger partial charge in [-0.2, -0.15) is 0 Å². The van der Waals surface area contributed by atoms with Crippen molar-refractivity contribution in [3.63, 3.8) is 0 Å². The summed E-state index contributed by atoms with van der Waals surface area (Å²) in [4.78, 5) is 15.1. The van der Waals surface area contributed by atoms with E-state index >= 15 is 0 Å². The summed E-state index contributed by atoms with van der Waals surface area (Å²) in [5.74, 6) is 0. The maximum absolute atomic E-state index is 11.3. The highest BCUT2D eigenvalue weighted by molar-refractivity contribution is 5.67. The Labute approximate surface area is 98.0 Å². The van der Waals surface area contributed by atoms with Gasteiger partial charge in [0.05, 0.1) is 13.2 Å². The van der Waals surface area contributed by atoms with Crippen LogP contribution < -0.4 is 0 Å². The zero-order valence-electron chi connectivity index (χ0n) is 10.6. The molecule has 5 heteroatoms. The second kappa shape index (κ2) is 9.42. The van der Waals surface area contributed by atoms with Crippen LogP contribution in [-0.4, -0.2) is 66.9 Å². The number of aliphatic hydroxyl groups excluding tert-OH is 1. The highest BCUT2D eigenvalue weighted by Crippen LogP contribution is 2.02. The van der Waals surface area contributed by atoms with Crippen molar-refractivity contribution in [3.8, 4) is 0 Å². The second-order valence-corrected chi connectivity index (χ2v) is 3.25. The van der Waals surface area contributed by atoms with Crippen LogP contribution >= 0.6 is 0 Å². The van der Waals surface area contributed by atoms with Crippen molar-refractivity contribution in [2.24, 2.45) is 0 Å². The van der Waals surface area contributed by atoms with E-state index in [4.69, 9.17) is 9.84 Å². The van der Waals surface area contributed by atoms with Gasteiger partial charge in [0.25, 0.3) is 0 Å². The zero-order chi connectivity index (χ0) is 12.4. The van der Waals surface area contributed by atoms with E-state index in [1.165, 1.54) is 0 Å². The van der Waals surface area contributed by atoms with Crippen LogP contribution in [0.4, 0.5) is 4.79 Å². The molecule has 0 aromatic carbocycles. The highest BCUT2D eigenvalue weighted by Gasteiger charge is 2.20. The second-order valence-electron chi connectivity index (χ2n) is 3.25. The van der Waals surface area contributed by atoms with Crippen molar-refractivity contribution in [2.75, 3.05) is 45.9 Å². The van der Waals surface area contributed by atoms with Crippen LogP contribution in [0.1, 0.15) is 20.8 Å². The average molecular weight is 232 g/mol. The van der Waals surface area contributed by atoms with Gasteiger partial charge < -0.3 is 14.7 Å². The molecule has 1 amide bonds. The van der Waals surface area contributed by atoms with Crippen LogP contribution in [0.15, 0.2) is 0 Å². The van der Waals surface area contributed by atoms with E-state index in [1.54, 1.807) is 11.8 Å². The molecule has 1 saturated heterocycles. The van der Waals surface area contributed by atoms with Crippen molar-refractivity contribution in [2.45, 2.75) is 20.8 Å². The smallest absolute Gasteiger partial charge is 0.409 e. The first-order valence-corrected chi connectivity index (χ1v) is 6.03. The molecule has 0 atom stereocenters. The first-order chi connectivity index (χ1) is 7.77. The number of hydrogen-bond acceptors (Lipinski definition) is 4. The van der Waals surface area contributed by atoms with E-state index in [0.717, 1.165) is 13.1 Å². The topological polar surface area (TPSA) is 53.0 Å². The number of β-amino-alcohol motifs (C(OH)–C–C–N with tert-alkyl or cyclic N) is 1. The number of carbonyl (C=O) groups excluding carboxylic acids is 1. The third-order valence-corrected chi connectivity index (χ3v) is 2.31. The van der Waals surface area contributed by atoms with Gasteiger partial charge in [-0.1, -0.05) is 13.8 Å². The maximum Gasteiger partial charge on any atom is 0.409 e. The van der Waals surface area contributed by atoms with Crippen LogP contribution in [0.3, 0.4) is 0 Å². The number of nitrogens with zero attached hydrogens (tertiary/aromatic N) is 2. The Hall–Kier alpha value is -0.810. The van der Waals surface area contributed by atoms with Gasteiger partial charge in [0.2, 0.25) is 0 Å². The quantitative estimate of drug-likeness (QED) is 0.781. The van der Waals surface area contributed by atoms with Gasteiger partial charge in [0.1, 0.15) is 0 Å². The van der Waals surface area contributed by atoms with Crippen molar-refractivity contribution >= 4 is 6.09 Å². The Morgan fingerprint density at radius 1 is 1.25 bits per heavy atom. The molecule has 5 nitrogen and oxygen atoms in total. The minimum Gasteiger partial charge on any atom is -0.450 e. The summed E-state index contributed by atoms with van der Waals surface area (Å²) in [6.45, 7) is 10.1. The molecule has 0 aliphatic carbocycles. The zero-order valence-corrected chi connectivity index (χ0v) is 10.6. The average Bonchev–Trinajstić information content (AvgIpc) is 2.33. The van der Waals surface area contributed by atoms with Crippen LogP contribution in [0, 0.1) is 0 Å². The molecule has 0 spiro atoms. The van der Waals surface area contributed by atoms with Gasteiger partial charge in [0, 0.05) is 32.7 Å². The number of hydrogen-bond donors (Lipinski definition) is 1. The Morgan fingerprint density at radius 2 is 1.81 bits per heavy atom. The summed E-state index contributed by atoms with van der Waals surface area (Å²) in [5.41, 5.74) is 0. The number of amides is 1. The predicted octanol–water partition coefficient (Wildman–Crippen LogP) is 0.779. The summed E-state index contributed by atoms with van der Waals surface area (Å²) in [5, 5.41) is 8.73. The normalized spacial score (nSPS) is 16.4. The third-order valence-electron chi connectivity index (χ3n) is 2.31. The summed E-state index contributed by atoms with van der Waals surface area (Å²) in [6, 6.07) is 0. The third kappa shape index (κ3) is 5.32. The molecule has 1 N–H and O–H groups in total. The molecule has 16 heavy (non-hydrogen) atoms. The van der Waals surface area contributed by atoms with Gasteiger partial charge in [-0.05, 0) is 6.92 Å². The van der Waals surface area contributed by atoms with E-state index in [1.807, 2.05) is 13.8 Å². The Kier molecular flexibility index (Phi) is 8.94. The molecule has 1 rings (SSSR count).